The number of rotatable bonds is 6. The highest BCUT2D eigenvalue weighted by Gasteiger charge is 2.39. The van der Waals surface area contributed by atoms with Gasteiger partial charge in [0.05, 0.1) is 7.11 Å². The summed E-state index contributed by atoms with van der Waals surface area (Å²) in [7, 11) is 1.24. The maximum absolute atomic E-state index is 13.2. The van der Waals surface area contributed by atoms with Crippen LogP contribution in [0.2, 0.25) is 0 Å². The molecule has 1 N–H and O–H groups in total. The molecule has 1 aliphatic rings. The van der Waals surface area contributed by atoms with Gasteiger partial charge in [0.25, 0.3) is 5.91 Å². The average molecular weight is 396 g/mol. The van der Waals surface area contributed by atoms with Crippen molar-refractivity contribution in [2.24, 2.45) is 0 Å². The second-order valence-corrected chi connectivity index (χ2v) is 6.76. The van der Waals surface area contributed by atoms with Crippen molar-refractivity contribution >= 4 is 18.0 Å². The summed E-state index contributed by atoms with van der Waals surface area (Å²) in [6.07, 6.45) is 0.505. The van der Waals surface area contributed by atoms with E-state index >= 15 is 0 Å². The van der Waals surface area contributed by atoms with Crippen molar-refractivity contribution in [2.75, 3.05) is 13.7 Å². The van der Waals surface area contributed by atoms with E-state index in [9.17, 15) is 14.4 Å². The third-order valence-electron chi connectivity index (χ3n) is 4.86. The topological polar surface area (TPSA) is 84.9 Å². The van der Waals surface area contributed by atoms with Crippen LogP contribution in [-0.4, -0.2) is 42.6 Å². The molecule has 2 amide bonds. The molecule has 2 atom stereocenters. The van der Waals surface area contributed by atoms with Crippen molar-refractivity contribution in [3.63, 3.8) is 0 Å². The fourth-order valence-electron chi connectivity index (χ4n) is 3.38. The monoisotopic (exact) mass is 396 g/mol. The first kappa shape index (κ1) is 20.4. The fraction of sp³-hybridized carbons (Fsp3) is 0.318. The van der Waals surface area contributed by atoms with Gasteiger partial charge in [0.2, 0.25) is 0 Å². The highest BCUT2D eigenvalue weighted by Crippen LogP contribution is 2.25. The standard InChI is InChI=1S/C22H24N2O5/c1-28-22(27)23-19(17-11-6-3-7-12-17)20(25)24-14-8-13-18(24)21(26)29-15-16-9-4-2-5-10-16/h2-7,9-12,18-19H,8,13-15H2,1H3,(H,23,27)/t18-,19-/m0/s1. The van der Waals surface area contributed by atoms with E-state index in [4.69, 9.17) is 4.74 Å². The fourth-order valence-corrected chi connectivity index (χ4v) is 3.38. The number of amides is 2. The molecule has 0 aromatic heterocycles. The summed E-state index contributed by atoms with van der Waals surface area (Å²) in [5.41, 5.74) is 1.50. The van der Waals surface area contributed by atoms with Gasteiger partial charge in [0.15, 0.2) is 0 Å². The number of esters is 1. The van der Waals surface area contributed by atoms with Crippen molar-refractivity contribution < 1.29 is 23.9 Å². The molecule has 1 aliphatic heterocycles. The summed E-state index contributed by atoms with van der Waals surface area (Å²) in [6, 6.07) is 16.7. The predicted molar refractivity (Wildman–Crippen MR) is 106 cm³/mol. The number of carbonyl (C=O) groups excluding carboxylic acids is 3. The van der Waals surface area contributed by atoms with E-state index in [-0.39, 0.29) is 12.5 Å². The molecule has 0 spiro atoms. The van der Waals surface area contributed by atoms with E-state index < -0.39 is 24.1 Å². The van der Waals surface area contributed by atoms with Crippen LogP contribution in [0.1, 0.15) is 30.0 Å². The third-order valence-corrected chi connectivity index (χ3v) is 4.86. The van der Waals surface area contributed by atoms with Crippen molar-refractivity contribution in [1.82, 2.24) is 10.2 Å². The van der Waals surface area contributed by atoms with E-state index in [1.807, 2.05) is 36.4 Å². The van der Waals surface area contributed by atoms with Gasteiger partial charge in [-0.25, -0.2) is 9.59 Å². The molecule has 0 radical (unpaired) electrons. The minimum Gasteiger partial charge on any atom is -0.459 e. The van der Waals surface area contributed by atoms with Crippen LogP contribution in [0.4, 0.5) is 4.79 Å². The first-order valence-corrected chi connectivity index (χ1v) is 9.50. The quantitative estimate of drug-likeness (QED) is 0.759. The summed E-state index contributed by atoms with van der Waals surface area (Å²) in [6.45, 7) is 0.580. The van der Waals surface area contributed by atoms with Crippen LogP contribution in [0.15, 0.2) is 60.7 Å². The Bertz CT molecular complexity index is 841. The van der Waals surface area contributed by atoms with E-state index in [0.29, 0.717) is 24.9 Å². The van der Waals surface area contributed by atoms with Crippen molar-refractivity contribution in [3.8, 4) is 0 Å². The summed E-state index contributed by atoms with van der Waals surface area (Å²) >= 11 is 0. The predicted octanol–water partition coefficient (Wildman–Crippen LogP) is 2.82. The van der Waals surface area contributed by atoms with Gasteiger partial charge < -0.3 is 19.7 Å². The number of benzene rings is 2. The zero-order valence-electron chi connectivity index (χ0n) is 16.2. The third kappa shape index (κ3) is 5.13. The van der Waals surface area contributed by atoms with E-state index in [0.717, 1.165) is 5.56 Å². The Kier molecular flexibility index (Phi) is 6.84. The zero-order valence-corrected chi connectivity index (χ0v) is 16.2. The molecule has 0 saturated carbocycles. The van der Waals surface area contributed by atoms with Crippen LogP contribution >= 0.6 is 0 Å². The molecule has 3 rings (SSSR count). The molecule has 7 heteroatoms. The van der Waals surface area contributed by atoms with Crippen LogP contribution in [0.3, 0.4) is 0 Å². The molecule has 0 bridgehead atoms. The Morgan fingerprint density at radius 2 is 1.72 bits per heavy atom. The molecule has 29 heavy (non-hydrogen) atoms. The van der Waals surface area contributed by atoms with Gasteiger partial charge >= 0.3 is 12.1 Å². The van der Waals surface area contributed by atoms with Crippen molar-refractivity contribution in [1.29, 1.82) is 0 Å². The SMILES string of the molecule is COC(=O)N[C@H](C(=O)N1CCC[C@H]1C(=O)OCc1ccccc1)c1ccccc1. The van der Waals surface area contributed by atoms with Crippen LogP contribution < -0.4 is 5.32 Å². The van der Waals surface area contributed by atoms with E-state index in [1.165, 1.54) is 12.0 Å². The van der Waals surface area contributed by atoms with Gasteiger partial charge in [0, 0.05) is 6.54 Å². The number of hydrogen-bond donors (Lipinski definition) is 1. The largest absolute Gasteiger partial charge is 0.459 e. The van der Waals surface area contributed by atoms with Crippen LogP contribution in [-0.2, 0) is 25.7 Å². The number of hydrogen-bond acceptors (Lipinski definition) is 5. The second kappa shape index (κ2) is 9.73. The molecule has 1 heterocycles. The first-order chi connectivity index (χ1) is 14.1. The van der Waals surface area contributed by atoms with Crippen molar-refractivity contribution in [3.05, 3.63) is 71.8 Å². The highest BCUT2D eigenvalue weighted by molar-refractivity contribution is 5.91. The molecular formula is C22H24N2O5. The molecule has 152 valence electrons. The Labute approximate surface area is 169 Å². The molecule has 1 saturated heterocycles. The molecule has 1 fully saturated rings. The number of nitrogens with one attached hydrogen (secondary N) is 1. The second-order valence-electron chi connectivity index (χ2n) is 6.76. The number of nitrogens with zero attached hydrogens (tertiary/aromatic N) is 1. The maximum Gasteiger partial charge on any atom is 0.407 e. The summed E-state index contributed by atoms with van der Waals surface area (Å²) < 4.78 is 10.1. The number of likely N-dealkylation sites (tertiary alicyclic amines) is 1. The van der Waals surface area contributed by atoms with Gasteiger partial charge in [-0.15, -0.1) is 0 Å². The lowest BCUT2D eigenvalue weighted by Crippen LogP contribution is -2.47. The Hall–Kier alpha value is -3.35. The first-order valence-electron chi connectivity index (χ1n) is 9.50. The van der Waals surface area contributed by atoms with Gasteiger partial charge in [-0.3, -0.25) is 4.79 Å². The Morgan fingerprint density at radius 1 is 1.07 bits per heavy atom. The van der Waals surface area contributed by atoms with E-state index in [1.54, 1.807) is 24.3 Å². The molecule has 2 aromatic carbocycles. The molecule has 0 aliphatic carbocycles. The molecule has 7 nitrogen and oxygen atoms in total. The van der Waals surface area contributed by atoms with E-state index in [2.05, 4.69) is 10.1 Å². The number of methoxy groups -OCH3 is 1. The Morgan fingerprint density at radius 3 is 2.38 bits per heavy atom. The lowest BCUT2D eigenvalue weighted by Gasteiger charge is -2.28. The lowest BCUT2D eigenvalue weighted by molar-refractivity contribution is -0.155. The summed E-state index contributed by atoms with van der Waals surface area (Å²) in [5, 5.41) is 2.57. The minimum absolute atomic E-state index is 0.154. The normalized spacial score (nSPS) is 16.7. The number of alkyl carbamates (subject to hydrolysis) is 1. The van der Waals surface area contributed by atoms with Gasteiger partial charge in [-0.2, -0.15) is 0 Å². The minimum atomic E-state index is -0.939. The van der Waals surface area contributed by atoms with Crippen LogP contribution in [0, 0.1) is 0 Å². The number of carbonyl (C=O) groups is 3. The maximum atomic E-state index is 13.2. The highest BCUT2D eigenvalue weighted by atomic mass is 16.5. The molecular weight excluding hydrogens is 372 g/mol. The zero-order chi connectivity index (χ0) is 20.6. The lowest BCUT2D eigenvalue weighted by atomic mass is 10.1. The smallest absolute Gasteiger partial charge is 0.407 e. The van der Waals surface area contributed by atoms with Gasteiger partial charge in [0.1, 0.15) is 18.7 Å². The van der Waals surface area contributed by atoms with Crippen LogP contribution in [0.5, 0.6) is 0 Å². The van der Waals surface area contributed by atoms with Gasteiger partial charge in [-0.05, 0) is 24.0 Å². The van der Waals surface area contributed by atoms with Crippen molar-refractivity contribution in [2.45, 2.75) is 31.5 Å². The summed E-state index contributed by atoms with van der Waals surface area (Å²) in [4.78, 5) is 39.2. The van der Waals surface area contributed by atoms with Crippen LogP contribution in [0.25, 0.3) is 0 Å². The van der Waals surface area contributed by atoms with Gasteiger partial charge in [-0.1, -0.05) is 60.7 Å². The molecule has 2 aromatic rings. The Balaban J connectivity index is 1.72. The summed E-state index contributed by atoms with van der Waals surface area (Å²) in [5.74, 6) is -0.801. The molecule has 0 unspecified atom stereocenters. The average Bonchev–Trinajstić information content (AvgIpc) is 3.26. The number of ether oxygens (including phenoxy) is 2.